The maximum atomic E-state index is 12.4. The first-order valence-electron chi connectivity index (χ1n) is 5.96. The number of nitrogens with two attached hydrogens (primary N) is 1. The van der Waals surface area contributed by atoms with Crippen LogP contribution in [0.5, 0.6) is 0 Å². The lowest BCUT2D eigenvalue weighted by Gasteiger charge is -2.35. The summed E-state index contributed by atoms with van der Waals surface area (Å²) < 4.78 is 2.79. The highest BCUT2D eigenvalue weighted by Crippen LogP contribution is 2.21. The number of rotatable bonds is 2. The Morgan fingerprint density at radius 3 is 2.94 bits per heavy atom. The van der Waals surface area contributed by atoms with Crippen LogP contribution in [-0.2, 0) is 7.05 Å². The van der Waals surface area contributed by atoms with Crippen molar-refractivity contribution in [3.05, 3.63) is 22.4 Å². The summed E-state index contributed by atoms with van der Waals surface area (Å²) in [5, 5.41) is 0. The zero-order chi connectivity index (χ0) is 12.4. The molecule has 1 amide bonds. The SMILES string of the molecule is Cn1cc(Br)cc1C(=O)N1CCCC[C@H]1CN. The Labute approximate surface area is 110 Å². The Kier molecular flexibility index (Phi) is 3.89. The third-order valence-corrected chi connectivity index (χ3v) is 3.78. The first-order chi connectivity index (χ1) is 8.13. The Hall–Kier alpha value is -0.810. The zero-order valence-corrected chi connectivity index (χ0v) is 11.6. The van der Waals surface area contributed by atoms with Gasteiger partial charge in [0.2, 0.25) is 0 Å². The molecule has 1 atom stereocenters. The van der Waals surface area contributed by atoms with Crippen molar-refractivity contribution in [3.8, 4) is 0 Å². The number of hydrogen-bond donors (Lipinski definition) is 1. The van der Waals surface area contributed by atoms with Gasteiger partial charge in [-0.25, -0.2) is 0 Å². The van der Waals surface area contributed by atoms with Gasteiger partial charge in [-0.15, -0.1) is 0 Å². The second-order valence-corrected chi connectivity index (χ2v) is 5.45. The Morgan fingerprint density at radius 2 is 2.35 bits per heavy atom. The van der Waals surface area contributed by atoms with Crippen LogP contribution in [0.15, 0.2) is 16.7 Å². The highest BCUT2D eigenvalue weighted by Gasteiger charge is 2.27. The van der Waals surface area contributed by atoms with Gasteiger partial charge in [-0.3, -0.25) is 4.79 Å². The molecule has 0 bridgehead atoms. The monoisotopic (exact) mass is 299 g/mol. The van der Waals surface area contributed by atoms with Gasteiger partial charge in [-0.2, -0.15) is 0 Å². The van der Waals surface area contributed by atoms with Crippen LogP contribution >= 0.6 is 15.9 Å². The minimum absolute atomic E-state index is 0.0911. The number of halogens is 1. The molecule has 0 spiro atoms. The molecular formula is C12H18BrN3O. The normalized spacial score (nSPS) is 20.6. The van der Waals surface area contributed by atoms with Crippen molar-refractivity contribution in [2.24, 2.45) is 12.8 Å². The first-order valence-corrected chi connectivity index (χ1v) is 6.75. The van der Waals surface area contributed by atoms with E-state index in [4.69, 9.17) is 5.73 Å². The molecule has 1 fully saturated rings. The van der Waals surface area contributed by atoms with Crippen molar-refractivity contribution in [2.45, 2.75) is 25.3 Å². The van der Waals surface area contributed by atoms with Crippen molar-refractivity contribution >= 4 is 21.8 Å². The van der Waals surface area contributed by atoms with Crippen LogP contribution in [0.1, 0.15) is 29.8 Å². The second kappa shape index (κ2) is 5.23. The van der Waals surface area contributed by atoms with E-state index in [0.29, 0.717) is 6.54 Å². The van der Waals surface area contributed by atoms with Crippen molar-refractivity contribution in [2.75, 3.05) is 13.1 Å². The van der Waals surface area contributed by atoms with E-state index in [1.54, 1.807) is 0 Å². The van der Waals surface area contributed by atoms with Crippen LogP contribution in [0.2, 0.25) is 0 Å². The van der Waals surface area contributed by atoms with Gasteiger partial charge in [0.1, 0.15) is 5.69 Å². The molecule has 1 aromatic rings. The average molecular weight is 300 g/mol. The molecule has 0 unspecified atom stereocenters. The summed E-state index contributed by atoms with van der Waals surface area (Å²) in [4.78, 5) is 14.4. The molecule has 17 heavy (non-hydrogen) atoms. The molecule has 1 aliphatic heterocycles. The van der Waals surface area contributed by atoms with E-state index in [0.717, 1.165) is 29.6 Å². The van der Waals surface area contributed by atoms with Crippen molar-refractivity contribution in [1.29, 1.82) is 0 Å². The molecule has 0 aliphatic carbocycles. The number of carbonyl (C=O) groups excluding carboxylic acids is 1. The molecule has 4 nitrogen and oxygen atoms in total. The van der Waals surface area contributed by atoms with Crippen LogP contribution in [0, 0.1) is 0 Å². The minimum atomic E-state index is 0.0911. The van der Waals surface area contributed by atoms with E-state index in [2.05, 4.69) is 15.9 Å². The molecule has 2 rings (SSSR count). The molecule has 2 N–H and O–H groups in total. The Balaban J connectivity index is 2.21. The summed E-state index contributed by atoms with van der Waals surface area (Å²) in [6, 6.07) is 2.06. The third kappa shape index (κ3) is 2.55. The molecule has 1 aromatic heterocycles. The van der Waals surface area contributed by atoms with Gasteiger partial charge in [0, 0.05) is 36.8 Å². The average Bonchev–Trinajstić information content (AvgIpc) is 2.67. The number of likely N-dealkylation sites (tertiary alicyclic amines) is 1. The molecule has 0 saturated carbocycles. The van der Waals surface area contributed by atoms with E-state index >= 15 is 0 Å². The van der Waals surface area contributed by atoms with Gasteiger partial charge in [-0.05, 0) is 41.3 Å². The number of nitrogens with zero attached hydrogens (tertiary/aromatic N) is 2. The number of aryl methyl sites for hydroxylation is 1. The van der Waals surface area contributed by atoms with Crippen LogP contribution in [-0.4, -0.2) is 34.5 Å². The zero-order valence-electron chi connectivity index (χ0n) is 10.0. The predicted molar refractivity (Wildman–Crippen MR) is 70.8 cm³/mol. The van der Waals surface area contributed by atoms with Crippen molar-refractivity contribution in [1.82, 2.24) is 9.47 Å². The fourth-order valence-corrected chi connectivity index (χ4v) is 2.92. The minimum Gasteiger partial charge on any atom is -0.345 e. The maximum Gasteiger partial charge on any atom is 0.270 e. The standard InChI is InChI=1S/C12H18BrN3O/c1-15-8-9(13)6-11(15)12(17)16-5-3-2-4-10(16)7-14/h6,8,10H,2-5,7,14H2,1H3/t10-/m0/s1. The number of amides is 1. The lowest BCUT2D eigenvalue weighted by atomic mass is 10.0. The third-order valence-electron chi connectivity index (χ3n) is 3.35. The van der Waals surface area contributed by atoms with E-state index in [1.807, 2.05) is 28.8 Å². The van der Waals surface area contributed by atoms with Gasteiger partial charge >= 0.3 is 0 Å². The molecule has 2 heterocycles. The maximum absolute atomic E-state index is 12.4. The predicted octanol–water partition coefficient (Wildman–Crippen LogP) is 1.74. The van der Waals surface area contributed by atoms with Gasteiger partial charge in [0.05, 0.1) is 0 Å². The molecule has 0 aromatic carbocycles. The number of hydrogen-bond acceptors (Lipinski definition) is 2. The molecule has 1 aliphatic rings. The summed E-state index contributed by atoms with van der Waals surface area (Å²) in [5.74, 6) is 0.0911. The van der Waals surface area contributed by atoms with E-state index in [-0.39, 0.29) is 11.9 Å². The van der Waals surface area contributed by atoms with Crippen LogP contribution < -0.4 is 5.73 Å². The molecular weight excluding hydrogens is 282 g/mol. The van der Waals surface area contributed by atoms with Gasteiger partial charge in [0.25, 0.3) is 5.91 Å². The molecule has 5 heteroatoms. The Bertz CT molecular complexity index is 416. The quantitative estimate of drug-likeness (QED) is 0.904. The van der Waals surface area contributed by atoms with Crippen LogP contribution in [0.3, 0.4) is 0 Å². The number of carbonyl (C=O) groups is 1. The van der Waals surface area contributed by atoms with Crippen LogP contribution in [0.25, 0.3) is 0 Å². The molecule has 0 radical (unpaired) electrons. The smallest absolute Gasteiger partial charge is 0.270 e. The number of piperidine rings is 1. The van der Waals surface area contributed by atoms with Crippen molar-refractivity contribution in [3.63, 3.8) is 0 Å². The van der Waals surface area contributed by atoms with Crippen molar-refractivity contribution < 1.29 is 4.79 Å². The van der Waals surface area contributed by atoms with E-state index < -0.39 is 0 Å². The first kappa shape index (κ1) is 12.6. The summed E-state index contributed by atoms with van der Waals surface area (Å²) in [7, 11) is 1.89. The van der Waals surface area contributed by atoms with E-state index in [1.165, 1.54) is 6.42 Å². The summed E-state index contributed by atoms with van der Waals surface area (Å²) >= 11 is 3.39. The van der Waals surface area contributed by atoms with Gasteiger partial charge < -0.3 is 15.2 Å². The Morgan fingerprint density at radius 1 is 1.59 bits per heavy atom. The van der Waals surface area contributed by atoms with Gasteiger partial charge in [0.15, 0.2) is 0 Å². The highest BCUT2D eigenvalue weighted by atomic mass is 79.9. The lowest BCUT2D eigenvalue weighted by molar-refractivity contribution is 0.0613. The fourth-order valence-electron chi connectivity index (χ4n) is 2.40. The molecule has 1 saturated heterocycles. The second-order valence-electron chi connectivity index (χ2n) is 4.54. The summed E-state index contributed by atoms with van der Waals surface area (Å²) in [6.45, 7) is 1.38. The topological polar surface area (TPSA) is 51.3 Å². The fraction of sp³-hybridized carbons (Fsp3) is 0.583. The number of aromatic nitrogens is 1. The molecule has 94 valence electrons. The summed E-state index contributed by atoms with van der Waals surface area (Å²) in [6.07, 6.45) is 5.17. The lowest BCUT2D eigenvalue weighted by Crippen LogP contribution is -2.47. The largest absolute Gasteiger partial charge is 0.345 e. The van der Waals surface area contributed by atoms with Crippen LogP contribution in [0.4, 0.5) is 0 Å². The van der Waals surface area contributed by atoms with E-state index in [9.17, 15) is 4.79 Å². The highest BCUT2D eigenvalue weighted by molar-refractivity contribution is 9.10. The summed E-state index contributed by atoms with van der Waals surface area (Å²) in [5.41, 5.74) is 6.46. The van der Waals surface area contributed by atoms with Gasteiger partial charge in [-0.1, -0.05) is 0 Å².